The number of nitrogens with two attached hydrogens (primary N) is 1. The van der Waals surface area contributed by atoms with E-state index >= 15 is 0 Å². The number of primary amides is 1. The maximum atomic E-state index is 12.7. The van der Waals surface area contributed by atoms with Crippen LogP contribution in [0.2, 0.25) is 5.02 Å². The number of halogens is 4. The Balaban J connectivity index is 3.23. The molecule has 0 aliphatic heterocycles. The number of hydrogen-bond donors (Lipinski definition) is 2. The Kier molecular flexibility index (Phi) is 4.91. The number of amides is 1. The Labute approximate surface area is 128 Å². The standard InChI is InChI=1S/C12H13ClF3N3O3/c1-11(2,10(17)20)5-18-8-4-7(13)6(12(14,15)16)3-9(8)19(21)22/h3-4,18H,5H2,1-2H3,(H2,17,20). The molecule has 22 heavy (non-hydrogen) atoms. The minimum Gasteiger partial charge on any atom is -0.378 e. The van der Waals surface area contributed by atoms with Crippen molar-refractivity contribution >= 4 is 28.9 Å². The monoisotopic (exact) mass is 339 g/mol. The lowest BCUT2D eigenvalue weighted by molar-refractivity contribution is -0.384. The van der Waals surface area contributed by atoms with E-state index in [9.17, 15) is 28.1 Å². The lowest BCUT2D eigenvalue weighted by atomic mass is 9.92. The van der Waals surface area contributed by atoms with Gasteiger partial charge in [0.25, 0.3) is 5.69 Å². The first-order valence-corrected chi connectivity index (χ1v) is 6.33. The number of anilines is 1. The van der Waals surface area contributed by atoms with Crippen LogP contribution in [0.5, 0.6) is 0 Å². The van der Waals surface area contributed by atoms with Crippen molar-refractivity contribution in [1.82, 2.24) is 0 Å². The van der Waals surface area contributed by atoms with E-state index in [1.165, 1.54) is 13.8 Å². The number of nitrogens with zero attached hydrogens (tertiary/aromatic N) is 1. The minimum absolute atomic E-state index is 0.106. The molecule has 0 heterocycles. The maximum Gasteiger partial charge on any atom is 0.418 e. The van der Waals surface area contributed by atoms with Crippen molar-refractivity contribution in [2.75, 3.05) is 11.9 Å². The normalized spacial score (nSPS) is 12.1. The molecule has 0 fully saturated rings. The van der Waals surface area contributed by atoms with Gasteiger partial charge in [0.15, 0.2) is 0 Å². The topological polar surface area (TPSA) is 98.3 Å². The van der Waals surface area contributed by atoms with E-state index in [1.807, 2.05) is 0 Å². The van der Waals surface area contributed by atoms with Crippen LogP contribution in [0.15, 0.2) is 12.1 Å². The Morgan fingerprint density at radius 3 is 2.36 bits per heavy atom. The first-order chi connectivity index (χ1) is 9.86. The number of rotatable bonds is 5. The van der Waals surface area contributed by atoms with Crippen molar-refractivity contribution in [3.05, 3.63) is 32.8 Å². The van der Waals surface area contributed by atoms with Crippen LogP contribution in [0.25, 0.3) is 0 Å². The van der Waals surface area contributed by atoms with Gasteiger partial charge in [-0.1, -0.05) is 11.6 Å². The summed E-state index contributed by atoms with van der Waals surface area (Å²) in [5, 5.41) is 12.8. The van der Waals surface area contributed by atoms with Crippen LogP contribution >= 0.6 is 11.6 Å². The summed E-state index contributed by atoms with van der Waals surface area (Å²) in [5.74, 6) is -0.666. The predicted octanol–water partition coefficient (Wildman–Crippen LogP) is 3.19. The second kappa shape index (κ2) is 5.99. The molecule has 1 aromatic rings. The van der Waals surface area contributed by atoms with Gasteiger partial charge in [0, 0.05) is 12.6 Å². The summed E-state index contributed by atoms with van der Waals surface area (Å²) in [7, 11) is 0. The van der Waals surface area contributed by atoms with Gasteiger partial charge in [-0.2, -0.15) is 13.2 Å². The summed E-state index contributed by atoms with van der Waals surface area (Å²) in [4.78, 5) is 21.2. The number of carbonyl (C=O) groups excluding carboxylic acids is 1. The zero-order valence-corrected chi connectivity index (χ0v) is 12.4. The van der Waals surface area contributed by atoms with E-state index in [0.29, 0.717) is 6.07 Å². The Hall–Kier alpha value is -2.03. The highest BCUT2D eigenvalue weighted by molar-refractivity contribution is 6.31. The molecular formula is C12H13ClF3N3O3. The molecule has 0 bridgehead atoms. The molecule has 0 radical (unpaired) electrons. The van der Waals surface area contributed by atoms with E-state index < -0.39 is 38.7 Å². The van der Waals surface area contributed by atoms with E-state index in [2.05, 4.69) is 5.32 Å². The second-order valence-electron chi connectivity index (χ2n) is 5.21. The third-order valence-electron chi connectivity index (χ3n) is 2.98. The Morgan fingerprint density at radius 1 is 1.41 bits per heavy atom. The van der Waals surface area contributed by atoms with E-state index in [1.54, 1.807) is 0 Å². The van der Waals surface area contributed by atoms with Crippen LogP contribution < -0.4 is 11.1 Å². The first-order valence-electron chi connectivity index (χ1n) is 5.95. The summed E-state index contributed by atoms with van der Waals surface area (Å²) in [6.45, 7) is 2.87. The van der Waals surface area contributed by atoms with Crippen LogP contribution in [-0.4, -0.2) is 17.4 Å². The Morgan fingerprint density at radius 2 is 1.95 bits per heavy atom. The molecule has 0 aliphatic carbocycles. The largest absolute Gasteiger partial charge is 0.418 e. The predicted molar refractivity (Wildman–Crippen MR) is 74.6 cm³/mol. The fourth-order valence-electron chi connectivity index (χ4n) is 1.48. The highest BCUT2D eigenvalue weighted by Crippen LogP contribution is 2.40. The second-order valence-corrected chi connectivity index (χ2v) is 5.61. The number of benzene rings is 1. The van der Waals surface area contributed by atoms with Gasteiger partial charge in [0.05, 0.1) is 20.9 Å². The van der Waals surface area contributed by atoms with Crippen LogP contribution in [0.4, 0.5) is 24.5 Å². The number of nitro benzene ring substituents is 1. The van der Waals surface area contributed by atoms with Gasteiger partial charge in [0.1, 0.15) is 5.69 Å². The molecule has 0 unspecified atom stereocenters. The van der Waals surface area contributed by atoms with Crippen molar-refractivity contribution in [2.24, 2.45) is 11.1 Å². The van der Waals surface area contributed by atoms with Gasteiger partial charge >= 0.3 is 6.18 Å². The highest BCUT2D eigenvalue weighted by atomic mass is 35.5. The van der Waals surface area contributed by atoms with E-state index in [0.717, 1.165) is 6.07 Å². The highest BCUT2D eigenvalue weighted by Gasteiger charge is 2.36. The molecule has 0 atom stereocenters. The summed E-state index contributed by atoms with van der Waals surface area (Å²) in [6, 6.07) is 1.15. The van der Waals surface area contributed by atoms with Crippen molar-refractivity contribution in [2.45, 2.75) is 20.0 Å². The molecule has 0 saturated heterocycles. The third-order valence-corrected chi connectivity index (χ3v) is 3.29. The molecule has 122 valence electrons. The minimum atomic E-state index is -4.81. The quantitative estimate of drug-likeness (QED) is 0.635. The summed E-state index contributed by atoms with van der Waals surface area (Å²) >= 11 is 5.53. The zero-order chi connectivity index (χ0) is 17.3. The number of carbonyl (C=O) groups is 1. The average Bonchev–Trinajstić information content (AvgIpc) is 2.34. The number of hydrogen-bond acceptors (Lipinski definition) is 4. The van der Waals surface area contributed by atoms with E-state index in [-0.39, 0.29) is 12.2 Å². The summed E-state index contributed by atoms with van der Waals surface area (Å²) in [5.41, 5.74) is 1.78. The number of nitrogens with one attached hydrogen (secondary N) is 1. The molecule has 1 amide bonds. The van der Waals surface area contributed by atoms with Gasteiger partial charge < -0.3 is 11.1 Å². The van der Waals surface area contributed by atoms with Gasteiger partial charge in [-0.3, -0.25) is 14.9 Å². The van der Waals surface area contributed by atoms with Crippen LogP contribution in [-0.2, 0) is 11.0 Å². The number of alkyl halides is 3. The van der Waals surface area contributed by atoms with Crippen LogP contribution in [0.3, 0.4) is 0 Å². The van der Waals surface area contributed by atoms with E-state index in [4.69, 9.17) is 17.3 Å². The van der Waals surface area contributed by atoms with Crippen molar-refractivity contribution in [3.8, 4) is 0 Å². The molecule has 0 aromatic heterocycles. The first kappa shape index (κ1) is 18.0. The van der Waals surface area contributed by atoms with Crippen molar-refractivity contribution < 1.29 is 22.9 Å². The molecule has 0 saturated carbocycles. The number of nitro groups is 1. The fourth-order valence-corrected chi connectivity index (χ4v) is 1.75. The lowest BCUT2D eigenvalue weighted by Gasteiger charge is -2.21. The summed E-state index contributed by atoms with van der Waals surface area (Å²) < 4.78 is 38.1. The molecule has 0 aliphatic rings. The molecule has 3 N–H and O–H groups in total. The smallest absolute Gasteiger partial charge is 0.378 e. The van der Waals surface area contributed by atoms with Crippen LogP contribution in [0.1, 0.15) is 19.4 Å². The maximum absolute atomic E-state index is 12.7. The zero-order valence-electron chi connectivity index (χ0n) is 11.6. The summed E-state index contributed by atoms with van der Waals surface area (Å²) in [6.07, 6.45) is -4.81. The fraction of sp³-hybridized carbons (Fsp3) is 0.417. The van der Waals surface area contributed by atoms with Gasteiger partial charge in [-0.15, -0.1) is 0 Å². The molecule has 6 nitrogen and oxygen atoms in total. The SMILES string of the molecule is CC(C)(CNc1cc(Cl)c(C(F)(F)F)cc1[N+](=O)[O-])C(N)=O. The molecular weight excluding hydrogens is 327 g/mol. The van der Waals surface area contributed by atoms with Crippen molar-refractivity contribution in [3.63, 3.8) is 0 Å². The molecule has 1 aromatic carbocycles. The third kappa shape index (κ3) is 4.00. The molecule has 1 rings (SSSR count). The van der Waals surface area contributed by atoms with Gasteiger partial charge in [-0.25, -0.2) is 0 Å². The lowest BCUT2D eigenvalue weighted by Crippen LogP contribution is -2.37. The Bertz CT molecular complexity index is 618. The van der Waals surface area contributed by atoms with Gasteiger partial charge in [-0.05, 0) is 19.9 Å². The molecule has 10 heteroatoms. The van der Waals surface area contributed by atoms with Crippen molar-refractivity contribution in [1.29, 1.82) is 0 Å². The van der Waals surface area contributed by atoms with Gasteiger partial charge in [0.2, 0.25) is 5.91 Å². The van der Waals surface area contributed by atoms with Crippen LogP contribution in [0, 0.1) is 15.5 Å². The molecule has 0 spiro atoms. The average molecular weight is 340 g/mol.